The summed E-state index contributed by atoms with van der Waals surface area (Å²) in [4.78, 5) is 17.8. The highest BCUT2D eigenvalue weighted by Crippen LogP contribution is 2.18. The third kappa shape index (κ3) is 5.64. The van der Waals surface area contributed by atoms with Gasteiger partial charge in [0.2, 0.25) is 0 Å². The minimum Gasteiger partial charge on any atom is -0.350 e. The lowest BCUT2D eigenvalue weighted by Crippen LogP contribution is -2.29. The lowest BCUT2D eigenvalue weighted by atomic mass is 10.1. The molecule has 2 aromatic rings. The fraction of sp³-hybridized carbons (Fsp3) is 0.600. The third-order valence-electron chi connectivity index (χ3n) is 4.06. The third-order valence-corrected chi connectivity index (χ3v) is 5.20. The van der Waals surface area contributed by atoms with Crippen LogP contribution in [0.15, 0.2) is 6.20 Å². The van der Waals surface area contributed by atoms with Crippen molar-refractivity contribution in [3.05, 3.63) is 27.5 Å². The Morgan fingerprint density at radius 1 is 1.36 bits per heavy atom. The maximum absolute atomic E-state index is 12.2. The second-order valence-corrected chi connectivity index (χ2v) is 7.10. The summed E-state index contributed by atoms with van der Waals surface area (Å²) in [5.41, 5.74) is 1.44. The van der Waals surface area contributed by atoms with E-state index < -0.39 is 0 Å². The van der Waals surface area contributed by atoms with Crippen molar-refractivity contribution in [2.24, 2.45) is 0 Å². The van der Waals surface area contributed by atoms with E-state index in [-0.39, 0.29) is 30.7 Å². The van der Waals surface area contributed by atoms with E-state index in [0.29, 0.717) is 18.3 Å². The van der Waals surface area contributed by atoms with Crippen LogP contribution in [0.5, 0.6) is 0 Å². The standard InChI is InChI=1S/C15H22N6OS.2ClH/c1-10-14(23-11(2)18-10)5-8-17-15(22)13-9-21(20-19-13)12-3-6-16-7-4-12;;/h9,12,16H,3-8H2,1-2H3,(H,17,22);2*1H. The van der Waals surface area contributed by atoms with Crippen LogP contribution >= 0.6 is 36.2 Å². The van der Waals surface area contributed by atoms with Gasteiger partial charge in [0.1, 0.15) is 0 Å². The predicted octanol–water partition coefficient (Wildman–Crippen LogP) is 2.09. The molecule has 1 aliphatic heterocycles. The molecule has 0 atom stereocenters. The number of carbonyl (C=O) groups excluding carboxylic acids is 1. The highest BCUT2D eigenvalue weighted by Gasteiger charge is 2.18. The van der Waals surface area contributed by atoms with Crippen LogP contribution in [0.2, 0.25) is 0 Å². The number of aromatic nitrogens is 4. The molecule has 3 heterocycles. The van der Waals surface area contributed by atoms with Gasteiger partial charge in [-0.25, -0.2) is 9.67 Å². The van der Waals surface area contributed by atoms with E-state index in [9.17, 15) is 4.79 Å². The monoisotopic (exact) mass is 406 g/mol. The van der Waals surface area contributed by atoms with Crippen molar-refractivity contribution in [2.75, 3.05) is 19.6 Å². The SMILES string of the molecule is Cc1nc(C)c(CCNC(=O)c2cn(C3CCNCC3)nn2)s1.Cl.Cl. The molecule has 0 aliphatic carbocycles. The van der Waals surface area contributed by atoms with Crippen molar-refractivity contribution in [3.63, 3.8) is 0 Å². The number of rotatable bonds is 5. The van der Waals surface area contributed by atoms with Crippen LogP contribution in [-0.2, 0) is 6.42 Å². The van der Waals surface area contributed by atoms with E-state index in [0.717, 1.165) is 43.1 Å². The van der Waals surface area contributed by atoms with Crippen molar-refractivity contribution in [1.29, 1.82) is 0 Å². The zero-order valence-corrected chi connectivity index (χ0v) is 16.8. The van der Waals surface area contributed by atoms with Crippen LogP contribution in [0, 0.1) is 13.8 Å². The number of nitrogens with one attached hydrogen (secondary N) is 2. The first-order chi connectivity index (χ1) is 11.1. The Morgan fingerprint density at radius 2 is 2.08 bits per heavy atom. The molecule has 10 heteroatoms. The smallest absolute Gasteiger partial charge is 0.273 e. The Labute approximate surface area is 163 Å². The maximum Gasteiger partial charge on any atom is 0.273 e. The van der Waals surface area contributed by atoms with Gasteiger partial charge in [-0.05, 0) is 39.8 Å². The molecule has 0 saturated carbocycles. The Balaban J connectivity index is 0.00000156. The van der Waals surface area contributed by atoms with Gasteiger partial charge in [-0.2, -0.15) is 0 Å². The number of nitrogens with zero attached hydrogens (tertiary/aromatic N) is 4. The number of hydrogen-bond donors (Lipinski definition) is 2. The molecule has 0 radical (unpaired) electrons. The molecule has 3 rings (SSSR count). The van der Waals surface area contributed by atoms with Gasteiger partial charge in [-0.15, -0.1) is 41.2 Å². The molecular formula is C15H24Cl2N6OS. The fourth-order valence-corrected chi connectivity index (χ4v) is 3.75. The molecule has 1 aliphatic rings. The molecule has 0 aromatic carbocycles. The van der Waals surface area contributed by atoms with Gasteiger partial charge in [-0.3, -0.25) is 4.79 Å². The van der Waals surface area contributed by atoms with Crippen molar-refractivity contribution in [3.8, 4) is 0 Å². The summed E-state index contributed by atoms with van der Waals surface area (Å²) in [7, 11) is 0. The number of hydrogen-bond acceptors (Lipinski definition) is 6. The van der Waals surface area contributed by atoms with Gasteiger partial charge < -0.3 is 10.6 Å². The van der Waals surface area contributed by atoms with Gasteiger partial charge in [0.25, 0.3) is 5.91 Å². The van der Waals surface area contributed by atoms with Crippen molar-refractivity contribution < 1.29 is 4.79 Å². The summed E-state index contributed by atoms with van der Waals surface area (Å²) >= 11 is 1.68. The summed E-state index contributed by atoms with van der Waals surface area (Å²) < 4.78 is 1.83. The molecule has 1 amide bonds. The number of amides is 1. The first kappa shape index (κ1) is 21.8. The van der Waals surface area contributed by atoms with Crippen molar-refractivity contribution in [1.82, 2.24) is 30.6 Å². The topological polar surface area (TPSA) is 84.7 Å². The summed E-state index contributed by atoms with van der Waals surface area (Å²) in [6.07, 6.45) is 4.60. The molecule has 0 spiro atoms. The first-order valence-electron chi connectivity index (χ1n) is 7.97. The van der Waals surface area contributed by atoms with E-state index in [1.807, 2.05) is 18.5 Å². The van der Waals surface area contributed by atoms with Gasteiger partial charge >= 0.3 is 0 Å². The quantitative estimate of drug-likeness (QED) is 0.793. The van der Waals surface area contributed by atoms with Crippen LogP contribution < -0.4 is 10.6 Å². The number of halogens is 2. The zero-order chi connectivity index (χ0) is 16.2. The first-order valence-corrected chi connectivity index (χ1v) is 8.79. The van der Waals surface area contributed by atoms with Crippen LogP contribution in [0.1, 0.15) is 45.0 Å². The lowest BCUT2D eigenvalue weighted by Gasteiger charge is -2.22. The number of aryl methyl sites for hydroxylation is 2. The van der Waals surface area contributed by atoms with Crippen LogP contribution in [0.25, 0.3) is 0 Å². The molecule has 0 bridgehead atoms. The second-order valence-electron chi connectivity index (χ2n) is 5.81. The van der Waals surface area contributed by atoms with Crippen molar-refractivity contribution in [2.45, 2.75) is 39.2 Å². The molecule has 2 aromatic heterocycles. The molecule has 25 heavy (non-hydrogen) atoms. The Kier molecular flexibility index (Phi) is 8.78. The van der Waals surface area contributed by atoms with Gasteiger partial charge in [-0.1, -0.05) is 5.21 Å². The predicted molar refractivity (Wildman–Crippen MR) is 103 cm³/mol. The van der Waals surface area contributed by atoms with Crippen LogP contribution in [-0.4, -0.2) is 45.5 Å². The Hall–Kier alpha value is -1.22. The summed E-state index contributed by atoms with van der Waals surface area (Å²) in [6.45, 7) is 6.56. The summed E-state index contributed by atoms with van der Waals surface area (Å²) in [6, 6.07) is 0.341. The molecule has 140 valence electrons. The van der Waals surface area contributed by atoms with E-state index >= 15 is 0 Å². The minimum absolute atomic E-state index is 0. The summed E-state index contributed by atoms with van der Waals surface area (Å²) in [5.74, 6) is -0.163. The van der Waals surface area contributed by atoms with E-state index in [4.69, 9.17) is 0 Å². The average molecular weight is 407 g/mol. The molecule has 1 fully saturated rings. The van der Waals surface area contributed by atoms with Crippen LogP contribution in [0.3, 0.4) is 0 Å². The van der Waals surface area contributed by atoms with Gasteiger partial charge in [0.05, 0.1) is 22.9 Å². The van der Waals surface area contributed by atoms with Gasteiger partial charge in [0, 0.05) is 17.8 Å². The Morgan fingerprint density at radius 3 is 2.72 bits per heavy atom. The molecule has 1 saturated heterocycles. The highest BCUT2D eigenvalue weighted by atomic mass is 35.5. The van der Waals surface area contributed by atoms with Crippen LogP contribution in [0.4, 0.5) is 0 Å². The van der Waals surface area contributed by atoms with E-state index in [2.05, 4.69) is 25.9 Å². The average Bonchev–Trinajstić information content (AvgIpc) is 3.15. The molecule has 7 nitrogen and oxygen atoms in total. The lowest BCUT2D eigenvalue weighted by molar-refractivity contribution is 0.0949. The number of piperidine rings is 1. The highest BCUT2D eigenvalue weighted by molar-refractivity contribution is 7.11. The molecular weight excluding hydrogens is 383 g/mol. The summed E-state index contributed by atoms with van der Waals surface area (Å²) in [5, 5.41) is 15.4. The molecule has 0 unspecified atom stereocenters. The van der Waals surface area contributed by atoms with Crippen molar-refractivity contribution >= 4 is 42.1 Å². The minimum atomic E-state index is -0.163. The number of carbonyl (C=O) groups is 1. The second kappa shape index (κ2) is 10.1. The number of thiazole rings is 1. The fourth-order valence-electron chi connectivity index (χ4n) is 2.82. The Bertz CT molecular complexity index is 683. The van der Waals surface area contributed by atoms with E-state index in [1.165, 1.54) is 4.88 Å². The zero-order valence-electron chi connectivity index (χ0n) is 14.3. The maximum atomic E-state index is 12.2. The molecule has 2 N–H and O–H groups in total. The van der Waals surface area contributed by atoms with E-state index in [1.54, 1.807) is 17.5 Å². The van der Waals surface area contributed by atoms with Gasteiger partial charge in [0.15, 0.2) is 5.69 Å². The normalized spacial score (nSPS) is 14.5. The largest absolute Gasteiger partial charge is 0.350 e.